The first kappa shape index (κ1) is 14.7. The number of halogens is 1. The Morgan fingerprint density at radius 3 is 2.50 bits per heavy atom. The molecule has 6 nitrogen and oxygen atoms in total. The number of carbonyl (C=O) groups is 2. The Morgan fingerprint density at radius 2 is 1.83 bits per heavy atom. The van der Waals surface area contributed by atoms with Gasteiger partial charge in [-0.05, 0) is 30.7 Å². The summed E-state index contributed by atoms with van der Waals surface area (Å²) in [4.78, 5) is 28.9. The van der Waals surface area contributed by atoms with Crippen LogP contribution >= 0.6 is 11.6 Å². The smallest absolute Gasteiger partial charge is 0.397 e. The zero-order valence-electron chi connectivity index (χ0n) is 12.7. The lowest BCUT2D eigenvalue weighted by Crippen LogP contribution is -1.99. The second kappa shape index (κ2) is 5.07. The van der Waals surface area contributed by atoms with E-state index in [1.54, 1.807) is 19.1 Å². The van der Waals surface area contributed by atoms with Crippen LogP contribution in [0.15, 0.2) is 32.6 Å². The molecule has 3 aromatic rings. The van der Waals surface area contributed by atoms with Crippen molar-refractivity contribution in [2.45, 2.75) is 6.92 Å². The first-order valence-electron chi connectivity index (χ1n) is 7.03. The predicted octanol–water partition coefficient (Wildman–Crippen LogP) is 3.85. The van der Waals surface area contributed by atoms with Gasteiger partial charge in [0.05, 0.1) is 12.7 Å². The van der Waals surface area contributed by atoms with Crippen LogP contribution in [-0.2, 0) is 0 Å². The SMILES string of the molecule is COc1nc2oc(/C=C3/C(=O)c4cc(C)c(Cl)cc4C3=O)cc2o1. The summed E-state index contributed by atoms with van der Waals surface area (Å²) in [6, 6.07) is 4.69. The molecular weight excluding hydrogens is 334 g/mol. The number of aromatic nitrogens is 1. The van der Waals surface area contributed by atoms with E-state index in [4.69, 9.17) is 25.2 Å². The van der Waals surface area contributed by atoms with Crippen LogP contribution in [0, 0.1) is 6.92 Å². The average Bonchev–Trinajstić information content (AvgIpc) is 3.16. The quantitative estimate of drug-likeness (QED) is 0.519. The summed E-state index contributed by atoms with van der Waals surface area (Å²) in [5, 5.41) is 0.447. The van der Waals surface area contributed by atoms with E-state index in [2.05, 4.69) is 4.98 Å². The van der Waals surface area contributed by atoms with Gasteiger partial charge in [0.25, 0.3) is 5.71 Å². The Balaban J connectivity index is 1.78. The van der Waals surface area contributed by atoms with Crippen molar-refractivity contribution in [3.63, 3.8) is 0 Å². The number of furan rings is 1. The molecule has 1 aliphatic rings. The fourth-order valence-electron chi connectivity index (χ4n) is 2.62. The standard InChI is InChI=1S/C17H10ClNO5/c1-7-3-9-10(6-12(7)18)15(21)11(14(9)20)4-8-5-13-16(23-8)19-17(22-2)24-13/h3-6H,1-2H3/b11-4-. The Hall–Kier alpha value is -2.86. The Morgan fingerprint density at radius 1 is 1.12 bits per heavy atom. The van der Waals surface area contributed by atoms with Crippen LogP contribution in [0.3, 0.4) is 0 Å². The van der Waals surface area contributed by atoms with Crippen LogP contribution in [0.1, 0.15) is 32.0 Å². The Bertz CT molecular complexity index is 982. The Labute approximate surface area is 140 Å². The number of ether oxygens (including phenoxy) is 1. The van der Waals surface area contributed by atoms with E-state index in [1.807, 2.05) is 0 Å². The molecule has 0 saturated heterocycles. The third kappa shape index (κ3) is 2.07. The van der Waals surface area contributed by atoms with Crippen LogP contribution in [-0.4, -0.2) is 23.7 Å². The molecule has 0 aliphatic heterocycles. The van der Waals surface area contributed by atoms with Gasteiger partial charge in [0.2, 0.25) is 0 Å². The van der Waals surface area contributed by atoms with E-state index >= 15 is 0 Å². The second-order valence-electron chi connectivity index (χ2n) is 5.37. The van der Waals surface area contributed by atoms with Gasteiger partial charge in [0.15, 0.2) is 17.1 Å². The summed E-state index contributed by atoms with van der Waals surface area (Å²) in [7, 11) is 1.42. The average molecular weight is 344 g/mol. The third-order valence-corrected chi connectivity index (χ3v) is 4.23. The first-order valence-corrected chi connectivity index (χ1v) is 7.41. The number of carbonyl (C=O) groups excluding carboxylic acids is 2. The molecule has 0 bridgehead atoms. The number of allylic oxidation sites excluding steroid dienone is 1. The monoisotopic (exact) mass is 343 g/mol. The number of hydrogen-bond donors (Lipinski definition) is 0. The third-order valence-electron chi connectivity index (χ3n) is 3.83. The van der Waals surface area contributed by atoms with Crippen LogP contribution in [0.4, 0.5) is 0 Å². The van der Waals surface area contributed by atoms with Crippen molar-refractivity contribution in [2.24, 2.45) is 0 Å². The van der Waals surface area contributed by atoms with Crippen molar-refractivity contribution in [1.29, 1.82) is 0 Å². The topological polar surface area (TPSA) is 82.5 Å². The largest absolute Gasteiger partial charge is 0.453 e. The van der Waals surface area contributed by atoms with Crippen LogP contribution in [0.5, 0.6) is 6.08 Å². The van der Waals surface area contributed by atoms with Crippen molar-refractivity contribution in [3.05, 3.63) is 51.2 Å². The molecule has 0 spiro atoms. The minimum atomic E-state index is -0.379. The molecule has 0 N–H and O–H groups in total. The van der Waals surface area contributed by atoms with Crippen LogP contribution < -0.4 is 4.74 Å². The molecule has 1 aliphatic carbocycles. The molecule has 0 atom stereocenters. The highest BCUT2D eigenvalue weighted by Gasteiger charge is 2.34. The van der Waals surface area contributed by atoms with Gasteiger partial charge >= 0.3 is 6.08 Å². The molecule has 2 aromatic heterocycles. The van der Waals surface area contributed by atoms with Gasteiger partial charge in [0, 0.05) is 22.2 Å². The minimum absolute atomic E-state index is 0.0232. The van der Waals surface area contributed by atoms with E-state index in [0.29, 0.717) is 27.5 Å². The van der Waals surface area contributed by atoms with E-state index in [0.717, 1.165) is 5.56 Å². The molecule has 0 amide bonds. The van der Waals surface area contributed by atoms with Gasteiger partial charge in [-0.25, -0.2) is 0 Å². The highest BCUT2D eigenvalue weighted by Crippen LogP contribution is 2.33. The summed E-state index contributed by atoms with van der Waals surface area (Å²) >= 11 is 6.05. The highest BCUT2D eigenvalue weighted by atomic mass is 35.5. The normalized spacial score (nSPS) is 15.5. The summed E-state index contributed by atoms with van der Waals surface area (Å²) in [6.45, 7) is 1.78. The van der Waals surface area contributed by atoms with Crippen molar-refractivity contribution in [2.75, 3.05) is 7.11 Å². The maximum atomic E-state index is 12.5. The lowest BCUT2D eigenvalue weighted by atomic mass is 10.1. The van der Waals surface area contributed by atoms with E-state index in [1.165, 1.54) is 19.3 Å². The van der Waals surface area contributed by atoms with E-state index in [-0.39, 0.29) is 28.9 Å². The lowest BCUT2D eigenvalue weighted by molar-refractivity contribution is 0.0990. The van der Waals surface area contributed by atoms with Gasteiger partial charge in [-0.2, -0.15) is 0 Å². The summed E-state index contributed by atoms with van der Waals surface area (Å²) in [5.41, 5.74) is 2.01. The zero-order chi connectivity index (χ0) is 17.0. The second-order valence-corrected chi connectivity index (χ2v) is 5.77. The molecule has 7 heteroatoms. The van der Waals surface area contributed by atoms with Crippen molar-refractivity contribution in [3.8, 4) is 6.08 Å². The highest BCUT2D eigenvalue weighted by molar-refractivity contribution is 6.42. The van der Waals surface area contributed by atoms with Crippen molar-refractivity contribution >= 4 is 40.5 Å². The summed E-state index contributed by atoms with van der Waals surface area (Å²) < 4.78 is 15.6. The molecular formula is C17H10ClNO5. The molecule has 120 valence electrons. The maximum absolute atomic E-state index is 12.5. The van der Waals surface area contributed by atoms with Gasteiger partial charge in [-0.15, -0.1) is 4.98 Å². The molecule has 4 rings (SSSR count). The van der Waals surface area contributed by atoms with Gasteiger partial charge in [-0.3, -0.25) is 9.59 Å². The molecule has 0 saturated carbocycles. The maximum Gasteiger partial charge on any atom is 0.397 e. The van der Waals surface area contributed by atoms with Gasteiger partial charge < -0.3 is 13.6 Å². The van der Waals surface area contributed by atoms with E-state index in [9.17, 15) is 9.59 Å². The lowest BCUT2D eigenvalue weighted by Gasteiger charge is -2.00. The van der Waals surface area contributed by atoms with Crippen molar-refractivity contribution in [1.82, 2.24) is 4.98 Å². The first-order chi connectivity index (χ1) is 11.5. The number of fused-ring (bicyclic) bond motifs is 2. The zero-order valence-corrected chi connectivity index (χ0v) is 13.4. The Kier molecular flexibility index (Phi) is 3.11. The number of ketones is 2. The number of benzene rings is 1. The molecule has 1 aromatic carbocycles. The molecule has 24 heavy (non-hydrogen) atoms. The van der Waals surface area contributed by atoms with E-state index < -0.39 is 0 Å². The fraction of sp³-hybridized carbons (Fsp3) is 0.118. The number of methoxy groups -OCH3 is 1. The van der Waals surface area contributed by atoms with Crippen molar-refractivity contribution < 1.29 is 23.2 Å². The number of hydrogen-bond acceptors (Lipinski definition) is 6. The number of aryl methyl sites for hydroxylation is 1. The molecule has 2 heterocycles. The number of Topliss-reactive ketones (excluding diaryl/α,β-unsaturated/α-hetero) is 2. The molecule has 0 unspecified atom stereocenters. The van der Waals surface area contributed by atoms with Crippen LogP contribution in [0.2, 0.25) is 5.02 Å². The summed E-state index contributed by atoms with van der Waals surface area (Å²) in [5.74, 6) is -0.435. The molecule has 0 fully saturated rings. The number of nitrogens with zero attached hydrogens (tertiary/aromatic N) is 1. The predicted molar refractivity (Wildman–Crippen MR) is 85.7 cm³/mol. The molecule has 0 radical (unpaired) electrons. The van der Waals surface area contributed by atoms with Gasteiger partial charge in [-0.1, -0.05) is 11.6 Å². The van der Waals surface area contributed by atoms with Gasteiger partial charge in [0.1, 0.15) is 5.76 Å². The van der Waals surface area contributed by atoms with Crippen LogP contribution in [0.25, 0.3) is 17.4 Å². The summed E-state index contributed by atoms with van der Waals surface area (Å²) in [6.07, 6.45) is 1.46. The number of oxazole rings is 1. The fourth-order valence-corrected chi connectivity index (χ4v) is 2.78. The minimum Gasteiger partial charge on any atom is -0.453 e. The number of rotatable bonds is 2.